The number of ketones is 1. The highest BCUT2D eigenvalue weighted by Gasteiger charge is 2.23. The van der Waals surface area contributed by atoms with Gasteiger partial charge < -0.3 is 9.64 Å². The van der Waals surface area contributed by atoms with Crippen LogP contribution in [0.3, 0.4) is 0 Å². The van der Waals surface area contributed by atoms with E-state index in [-0.39, 0.29) is 11.8 Å². The van der Waals surface area contributed by atoms with Crippen molar-refractivity contribution in [2.45, 2.75) is 13.5 Å². The molecule has 3 heterocycles. The molecule has 0 unspecified atom stereocenters. The summed E-state index contributed by atoms with van der Waals surface area (Å²) in [5.74, 6) is 1.01. The number of aromatic nitrogens is 4. The normalized spacial score (nSPS) is 14.5. The zero-order chi connectivity index (χ0) is 20.9. The molecule has 0 radical (unpaired) electrons. The van der Waals surface area contributed by atoms with Crippen molar-refractivity contribution in [3.8, 4) is 11.6 Å². The maximum Gasteiger partial charge on any atom is 0.344 e. The molecular weight excluding hydrogens is 384 g/mol. The number of nitrogens with zero attached hydrogens (tertiary/aromatic N) is 6. The Bertz CT molecular complexity index is 1030. The van der Waals surface area contributed by atoms with Crippen molar-refractivity contribution in [3.63, 3.8) is 0 Å². The topological polar surface area (TPSA) is 93.5 Å². The number of hydrogen-bond acceptors (Lipinski definition) is 7. The lowest BCUT2D eigenvalue weighted by Gasteiger charge is -2.34. The van der Waals surface area contributed by atoms with Crippen LogP contribution >= 0.6 is 0 Å². The van der Waals surface area contributed by atoms with E-state index in [1.54, 1.807) is 29.6 Å². The van der Waals surface area contributed by atoms with Crippen LogP contribution in [0.4, 0.5) is 4.79 Å². The van der Waals surface area contributed by atoms with Crippen LogP contribution in [0.15, 0.2) is 55.1 Å². The zero-order valence-electron chi connectivity index (χ0n) is 16.6. The van der Waals surface area contributed by atoms with E-state index in [4.69, 9.17) is 4.74 Å². The van der Waals surface area contributed by atoms with Crippen LogP contribution in [0.5, 0.6) is 11.6 Å². The maximum absolute atomic E-state index is 12.6. The third-order valence-corrected chi connectivity index (χ3v) is 4.86. The lowest BCUT2D eigenvalue weighted by Crippen LogP contribution is -2.49. The van der Waals surface area contributed by atoms with Gasteiger partial charge in [-0.25, -0.2) is 9.78 Å². The Balaban J connectivity index is 1.32. The van der Waals surface area contributed by atoms with Gasteiger partial charge in [-0.2, -0.15) is 9.78 Å². The van der Waals surface area contributed by atoms with Crippen LogP contribution in [-0.4, -0.2) is 67.5 Å². The van der Waals surface area contributed by atoms with Crippen molar-refractivity contribution in [1.29, 1.82) is 0 Å². The fourth-order valence-corrected chi connectivity index (χ4v) is 3.28. The highest BCUT2D eigenvalue weighted by atomic mass is 16.5. The summed E-state index contributed by atoms with van der Waals surface area (Å²) >= 11 is 0. The van der Waals surface area contributed by atoms with Crippen LogP contribution < -0.4 is 4.74 Å². The lowest BCUT2D eigenvalue weighted by molar-refractivity contribution is 0.101. The minimum atomic E-state index is -0.207. The second-order valence-corrected chi connectivity index (χ2v) is 7.04. The summed E-state index contributed by atoms with van der Waals surface area (Å²) in [5, 5.41) is 4.05. The third kappa shape index (κ3) is 4.69. The molecule has 0 saturated carbocycles. The van der Waals surface area contributed by atoms with E-state index in [1.807, 2.05) is 24.3 Å². The fourth-order valence-electron chi connectivity index (χ4n) is 3.28. The number of Topliss-reactive ketones (excluding diaryl/α,β-unsaturated/α-hetero) is 1. The molecule has 0 atom stereocenters. The first-order valence-corrected chi connectivity index (χ1v) is 9.69. The van der Waals surface area contributed by atoms with Crippen LogP contribution in [0.1, 0.15) is 23.0 Å². The Labute approximate surface area is 173 Å². The van der Waals surface area contributed by atoms with Gasteiger partial charge >= 0.3 is 6.03 Å². The first kappa shape index (κ1) is 19.7. The van der Waals surface area contributed by atoms with E-state index >= 15 is 0 Å². The monoisotopic (exact) mass is 406 g/mol. The van der Waals surface area contributed by atoms with Crippen molar-refractivity contribution in [2.24, 2.45) is 0 Å². The predicted octanol–water partition coefficient (Wildman–Crippen LogP) is 2.45. The Morgan fingerprint density at radius 3 is 2.63 bits per heavy atom. The molecule has 0 bridgehead atoms. The highest BCUT2D eigenvalue weighted by Crippen LogP contribution is 2.20. The Morgan fingerprint density at radius 1 is 1.10 bits per heavy atom. The molecule has 9 nitrogen and oxygen atoms in total. The molecule has 0 aliphatic carbocycles. The number of carbonyl (C=O) groups is 2. The molecule has 3 aromatic rings. The predicted molar refractivity (Wildman–Crippen MR) is 108 cm³/mol. The summed E-state index contributed by atoms with van der Waals surface area (Å²) in [4.78, 5) is 36.1. The molecule has 30 heavy (non-hydrogen) atoms. The molecule has 1 amide bonds. The van der Waals surface area contributed by atoms with Crippen LogP contribution in [0, 0.1) is 0 Å². The summed E-state index contributed by atoms with van der Waals surface area (Å²) < 4.78 is 6.98. The Morgan fingerprint density at radius 2 is 1.93 bits per heavy atom. The van der Waals surface area contributed by atoms with Gasteiger partial charge in [0.05, 0.1) is 6.20 Å². The van der Waals surface area contributed by atoms with Crippen molar-refractivity contribution >= 4 is 11.8 Å². The lowest BCUT2D eigenvalue weighted by atomic mass is 10.2. The van der Waals surface area contributed by atoms with Crippen LogP contribution in [0.25, 0.3) is 0 Å². The fraction of sp³-hybridized carbons (Fsp3) is 0.286. The van der Waals surface area contributed by atoms with Gasteiger partial charge in [0.25, 0.3) is 0 Å². The van der Waals surface area contributed by atoms with E-state index in [0.29, 0.717) is 30.4 Å². The quantitative estimate of drug-likeness (QED) is 0.601. The van der Waals surface area contributed by atoms with Crippen molar-refractivity contribution in [2.75, 3.05) is 26.2 Å². The number of carbonyl (C=O) groups excluding carboxylic acids is 2. The molecule has 1 fully saturated rings. The largest absolute Gasteiger partial charge is 0.437 e. The molecule has 1 aliphatic rings. The molecule has 0 spiro atoms. The van der Waals surface area contributed by atoms with Crippen LogP contribution in [0.2, 0.25) is 0 Å². The van der Waals surface area contributed by atoms with Gasteiger partial charge in [0.2, 0.25) is 5.88 Å². The summed E-state index contributed by atoms with van der Waals surface area (Å²) in [6, 6.07) is 9.22. The van der Waals surface area contributed by atoms with Gasteiger partial charge in [-0.1, -0.05) is 12.1 Å². The molecule has 2 aromatic heterocycles. The van der Waals surface area contributed by atoms with Crippen molar-refractivity contribution in [1.82, 2.24) is 29.5 Å². The van der Waals surface area contributed by atoms with Crippen LogP contribution in [-0.2, 0) is 6.54 Å². The third-order valence-electron chi connectivity index (χ3n) is 4.86. The highest BCUT2D eigenvalue weighted by molar-refractivity contribution is 5.92. The molecule has 154 valence electrons. The SMILES string of the molecule is CC(=O)c1ccn(C(=O)N2CCN(Cc3cccc(Oc4cnccn4)c3)CC2)n1. The molecule has 0 N–H and O–H groups in total. The average molecular weight is 406 g/mol. The van der Waals surface area contributed by atoms with E-state index in [2.05, 4.69) is 20.0 Å². The number of rotatable bonds is 5. The number of benzene rings is 1. The number of hydrogen-bond donors (Lipinski definition) is 0. The first-order chi connectivity index (χ1) is 14.6. The van der Waals surface area contributed by atoms with E-state index in [1.165, 1.54) is 17.8 Å². The number of piperazine rings is 1. The van der Waals surface area contributed by atoms with Gasteiger partial charge in [-0.3, -0.25) is 14.7 Å². The molecule has 4 rings (SSSR count). The van der Waals surface area contributed by atoms with Crippen molar-refractivity contribution in [3.05, 3.63) is 66.4 Å². The molecule has 1 aliphatic heterocycles. The second kappa shape index (κ2) is 8.83. The maximum atomic E-state index is 12.6. The number of ether oxygens (including phenoxy) is 1. The second-order valence-electron chi connectivity index (χ2n) is 7.04. The molecule has 1 aromatic carbocycles. The smallest absolute Gasteiger partial charge is 0.344 e. The zero-order valence-corrected chi connectivity index (χ0v) is 16.6. The van der Waals surface area contributed by atoms with Gasteiger partial charge in [0, 0.05) is 58.2 Å². The van der Waals surface area contributed by atoms with Gasteiger partial charge in [0.15, 0.2) is 5.78 Å². The summed E-state index contributed by atoms with van der Waals surface area (Å²) in [6.45, 7) is 4.90. The summed E-state index contributed by atoms with van der Waals surface area (Å²) in [7, 11) is 0. The first-order valence-electron chi connectivity index (χ1n) is 9.69. The molecule has 1 saturated heterocycles. The van der Waals surface area contributed by atoms with E-state index < -0.39 is 0 Å². The average Bonchev–Trinajstić information content (AvgIpc) is 3.26. The van der Waals surface area contributed by atoms with Crippen molar-refractivity contribution < 1.29 is 14.3 Å². The molecule has 9 heteroatoms. The van der Waals surface area contributed by atoms with Gasteiger partial charge in [0.1, 0.15) is 11.4 Å². The van der Waals surface area contributed by atoms with Gasteiger partial charge in [-0.05, 0) is 23.8 Å². The van der Waals surface area contributed by atoms with Gasteiger partial charge in [-0.15, -0.1) is 0 Å². The minimum Gasteiger partial charge on any atom is -0.437 e. The number of amides is 1. The van der Waals surface area contributed by atoms with E-state index in [9.17, 15) is 9.59 Å². The summed E-state index contributed by atoms with van der Waals surface area (Å²) in [6.07, 6.45) is 6.29. The minimum absolute atomic E-state index is 0.156. The summed E-state index contributed by atoms with van der Waals surface area (Å²) in [5.41, 5.74) is 1.42. The molecular formula is C21H22N6O3. The Kier molecular flexibility index (Phi) is 5.80. The standard InChI is InChI=1S/C21H22N6O3/c1-16(28)19-5-8-27(24-19)21(29)26-11-9-25(10-12-26)15-17-3-2-4-18(13-17)30-20-14-22-6-7-23-20/h2-8,13-14H,9-12,15H2,1H3. The van der Waals surface area contributed by atoms with E-state index in [0.717, 1.165) is 25.2 Å². The Hall–Kier alpha value is -3.59.